The van der Waals surface area contributed by atoms with Crippen molar-refractivity contribution in [2.24, 2.45) is 17.8 Å². The fraction of sp³-hybridized carbons (Fsp3) is 0.857. The van der Waals surface area contributed by atoms with Crippen LogP contribution >= 0.6 is 0 Å². The Hall–Kier alpha value is -0.300. The normalized spacial score (nSPS) is 35.9. The molecule has 1 fully saturated rings. The SMILES string of the molecule is CC1CCC(CNCC2CC=CCC2)C1. The van der Waals surface area contributed by atoms with Gasteiger partial charge in [0.2, 0.25) is 0 Å². The first-order valence-electron chi connectivity index (χ1n) is 6.70. The van der Waals surface area contributed by atoms with Crippen LogP contribution in [-0.2, 0) is 0 Å². The number of allylic oxidation sites excluding steroid dienone is 2. The molecule has 0 heterocycles. The molecule has 0 bridgehead atoms. The zero-order valence-electron chi connectivity index (χ0n) is 10.0. The number of rotatable bonds is 4. The van der Waals surface area contributed by atoms with Crippen LogP contribution in [0, 0.1) is 17.8 Å². The van der Waals surface area contributed by atoms with Crippen LogP contribution in [0.3, 0.4) is 0 Å². The maximum absolute atomic E-state index is 3.68. The highest BCUT2D eigenvalue weighted by atomic mass is 14.9. The van der Waals surface area contributed by atoms with E-state index in [0.29, 0.717) is 0 Å². The van der Waals surface area contributed by atoms with E-state index in [9.17, 15) is 0 Å². The van der Waals surface area contributed by atoms with Crippen LogP contribution in [0.15, 0.2) is 12.2 Å². The van der Waals surface area contributed by atoms with Gasteiger partial charge in [-0.15, -0.1) is 0 Å². The molecule has 0 amide bonds. The van der Waals surface area contributed by atoms with Crippen molar-refractivity contribution in [3.63, 3.8) is 0 Å². The molecule has 0 aromatic heterocycles. The van der Waals surface area contributed by atoms with E-state index in [1.165, 1.54) is 51.6 Å². The number of hydrogen-bond donors (Lipinski definition) is 1. The molecule has 0 aromatic carbocycles. The molecule has 1 nitrogen and oxygen atoms in total. The average molecular weight is 207 g/mol. The van der Waals surface area contributed by atoms with Gasteiger partial charge in [-0.1, -0.05) is 25.5 Å². The quantitative estimate of drug-likeness (QED) is 0.697. The molecular weight excluding hydrogens is 182 g/mol. The van der Waals surface area contributed by atoms with Gasteiger partial charge >= 0.3 is 0 Å². The summed E-state index contributed by atoms with van der Waals surface area (Å²) < 4.78 is 0. The van der Waals surface area contributed by atoms with Gasteiger partial charge in [-0.3, -0.25) is 0 Å². The van der Waals surface area contributed by atoms with Crippen molar-refractivity contribution in [2.75, 3.05) is 13.1 Å². The minimum Gasteiger partial charge on any atom is -0.316 e. The summed E-state index contributed by atoms with van der Waals surface area (Å²) in [7, 11) is 0. The first-order chi connectivity index (χ1) is 7.34. The molecule has 0 radical (unpaired) electrons. The second-order valence-electron chi connectivity index (χ2n) is 5.59. The molecule has 0 spiro atoms. The van der Waals surface area contributed by atoms with E-state index in [-0.39, 0.29) is 0 Å². The lowest BCUT2D eigenvalue weighted by molar-refractivity contribution is 0.403. The van der Waals surface area contributed by atoms with Crippen LogP contribution in [0.25, 0.3) is 0 Å². The van der Waals surface area contributed by atoms with Crippen molar-refractivity contribution >= 4 is 0 Å². The largest absolute Gasteiger partial charge is 0.316 e. The van der Waals surface area contributed by atoms with Crippen molar-refractivity contribution in [1.29, 1.82) is 0 Å². The van der Waals surface area contributed by atoms with Crippen LogP contribution in [0.1, 0.15) is 45.4 Å². The maximum Gasteiger partial charge on any atom is -0.00173 e. The Balaban J connectivity index is 1.56. The van der Waals surface area contributed by atoms with Gasteiger partial charge in [0, 0.05) is 0 Å². The first kappa shape index (κ1) is 11.2. The Labute approximate surface area is 94.3 Å². The molecule has 86 valence electrons. The summed E-state index contributed by atoms with van der Waals surface area (Å²) in [6, 6.07) is 0. The number of nitrogens with one attached hydrogen (secondary N) is 1. The average Bonchev–Trinajstić information content (AvgIpc) is 2.66. The highest BCUT2D eigenvalue weighted by Gasteiger charge is 2.21. The first-order valence-corrected chi connectivity index (χ1v) is 6.70. The zero-order chi connectivity index (χ0) is 10.5. The molecule has 15 heavy (non-hydrogen) atoms. The van der Waals surface area contributed by atoms with Crippen LogP contribution in [-0.4, -0.2) is 13.1 Å². The molecular formula is C14H25N. The molecule has 1 N–H and O–H groups in total. The Kier molecular flexibility index (Phi) is 4.25. The molecule has 3 atom stereocenters. The van der Waals surface area contributed by atoms with Crippen LogP contribution in [0.4, 0.5) is 0 Å². The molecule has 1 heteroatoms. The third kappa shape index (κ3) is 3.64. The fourth-order valence-electron chi connectivity index (χ4n) is 3.04. The lowest BCUT2D eigenvalue weighted by Crippen LogP contribution is -2.27. The van der Waals surface area contributed by atoms with Crippen molar-refractivity contribution in [2.45, 2.75) is 45.4 Å². The summed E-state index contributed by atoms with van der Waals surface area (Å²) >= 11 is 0. The van der Waals surface area contributed by atoms with Crippen molar-refractivity contribution in [1.82, 2.24) is 5.32 Å². The summed E-state index contributed by atoms with van der Waals surface area (Å²) in [6.45, 7) is 4.91. The van der Waals surface area contributed by atoms with Crippen molar-refractivity contribution < 1.29 is 0 Å². The Morgan fingerprint density at radius 2 is 1.93 bits per heavy atom. The predicted molar refractivity (Wildman–Crippen MR) is 65.9 cm³/mol. The molecule has 2 aliphatic carbocycles. The standard InChI is InChI=1S/C14H25N/c1-12-7-8-14(9-12)11-15-10-13-5-3-2-4-6-13/h2-3,12-15H,4-11H2,1H3. The van der Waals surface area contributed by atoms with Gasteiger partial charge < -0.3 is 5.32 Å². The highest BCUT2D eigenvalue weighted by molar-refractivity contribution is 4.90. The van der Waals surface area contributed by atoms with Crippen LogP contribution in [0.2, 0.25) is 0 Å². The van der Waals surface area contributed by atoms with Crippen molar-refractivity contribution in [3.8, 4) is 0 Å². The monoisotopic (exact) mass is 207 g/mol. The second kappa shape index (κ2) is 5.69. The van der Waals surface area contributed by atoms with E-state index in [1.54, 1.807) is 0 Å². The Bertz CT molecular complexity index is 209. The van der Waals surface area contributed by atoms with Gasteiger partial charge in [0.05, 0.1) is 0 Å². The summed E-state index contributed by atoms with van der Waals surface area (Å²) in [5.41, 5.74) is 0. The zero-order valence-corrected chi connectivity index (χ0v) is 10.0. The van der Waals surface area contributed by atoms with Gasteiger partial charge in [0.15, 0.2) is 0 Å². The Morgan fingerprint density at radius 3 is 2.60 bits per heavy atom. The summed E-state index contributed by atoms with van der Waals surface area (Å²) in [5.74, 6) is 2.86. The van der Waals surface area contributed by atoms with Crippen LogP contribution < -0.4 is 5.32 Å². The van der Waals surface area contributed by atoms with E-state index in [1.807, 2.05) is 0 Å². The Morgan fingerprint density at radius 1 is 1.07 bits per heavy atom. The number of hydrogen-bond acceptors (Lipinski definition) is 1. The van der Waals surface area contributed by atoms with Gasteiger partial charge in [0.1, 0.15) is 0 Å². The van der Waals surface area contributed by atoms with E-state index < -0.39 is 0 Å². The highest BCUT2D eigenvalue weighted by Crippen LogP contribution is 2.29. The van der Waals surface area contributed by atoms with Crippen molar-refractivity contribution in [3.05, 3.63) is 12.2 Å². The molecule has 3 unspecified atom stereocenters. The summed E-state index contributed by atoms with van der Waals surface area (Å²) in [4.78, 5) is 0. The molecule has 2 rings (SSSR count). The summed E-state index contributed by atoms with van der Waals surface area (Å²) in [6.07, 6.45) is 13.0. The van der Waals surface area contributed by atoms with Crippen LogP contribution in [0.5, 0.6) is 0 Å². The molecule has 2 aliphatic rings. The van der Waals surface area contributed by atoms with Gasteiger partial charge in [-0.05, 0) is 62.9 Å². The van der Waals surface area contributed by atoms with Gasteiger partial charge in [0.25, 0.3) is 0 Å². The third-order valence-electron chi connectivity index (χ3n) is 4.05. The molecule has 0 aromatic rings. The minimum absolute atomic E-state index is 0.911. The maximum atomic E-state index is 3.68. The fourth-order valence-corrected chi connectivity index (χ4v) is 3.04. The van der Waals surface area contributed by atoms with Gasteiger partial charge in [-0.2, -0.15) is 0 Å². The van der Waals surface area contributed by atoms with E-state index in [2.05, 4.69) is 24.4 Å². The molecule has 0 aliphatic heterocycles. The molecule has 0 saturated heterocycles. The molecule has 1 saturated carbocycles. The predicted octanol–water partition coefficient (Wildman–Crippen LogP) is 3.37. The lowest BCUT2D eigenvalue weighted by Gasteiger charge is -2.19. The lowest BCUT2D eigenvalue weighted by atomic mass is 9.94. The smallest absolute Gasteiger partial charge is 0.00173 e. The van der Waals surface area contributed by atoms with E-state index in [0.717, 1.165) is 17.8 Å². The van der Waals surface area contributed by atoms with E-state index >= 15 is 0 Å². The van der Waals surface area contributed by atoms with Gasteiger partial charge in [-0.25, -0.2) is 0 Å². The third-order valence-corrected chi connectivity index (χ3v) is 4.05. The second-order valence-corrected chi connectivity index (χ2v) is 5.59. The minimum atomic E-state index is 0.911. The summed E-state index contributed by atoms with van der Waals surface area (Å²) in [5, 5.41) is 3.68. The van der Waals surface area contributed by atoms with E-state index in [4.69, 9.17) is 0 Å². The topological polar surface area (TPSA) is 12.0 Å².